The van der Waals surface area contributed by atoms with E-state index in [1.54, 1.807) is 0 Å². The monoisotopic (exact) mass is 325 g/mol. The van der Waals surface area contributed by atoms with E-state index >= 15 is 0 Å². The van der Waals surface area contributed by atoms with Gasteiger partial charge in [0.2, 0.25) is 0 Å². The Bertz CT molecular complexity index is 364. The van der Waals surface area contributed by atoms with Gasteiger partial charge in [-0.1, -0.05) is 20.8 Å². The molecule has 0 bridgehead atoms. The SMILES string of the molecule is CC(C)(C)CN1CCC(N2CCN(C(C)(C)C)CC2CO)CC1. The molecule has 1 atom stereocenters. The molecule has 2 aliphatic heterocycles. The summed E-state index contributed by atoms with van der Waals surface area (Å²) in [7, 11) is 0. The summed E-state index contributed by atoms with van der Waals surface area (Å²) in [5.74, 6) is 0. The van der Waals surface area contributed by atoms with E-state index in [1.165, 1.54) is 32.5 Å². The van der Waals surface area contributed by atoms with Gasteiger partial charge in [-0.25, -0.2) is 0 Å². The maximum atomic E-state index is 9.90. The van der Waals surface area contributed by atoms with Gasteiger partial charge in [-0.2, -0.15) is 0 Å². The van der Waals surface area contributed by atoms with Crippen LogP contribution in [-0.4, -0.2) is 83.3 Å². The van der Waals surface area contributed by atoms with Crippen LogP contribution in [-0.2, 0) is 0 Å². The Kier molecular flexibility index (Phi) is 6.15. The summed E-state index contributed by atoms with van der Waals surface area (Å²) in [5, 5.41) is 9.90. The third-order valence-corrected chi connectivity index (χ3v) is 5.41. The lowest BCUT2D eigenvalue weighted by atomic mass is 9.93. The lowest BCUT2D eigenvalue weighted by Crippen LogP contribution is -2.62. The molecule has 0 aromatic carbocycles. The zero-order valence-corrected chi connectivity index (χ0v) is 16.3. The lowest BCUT2D eigenvalue weighted by Gasteiger charge is -2.50. The minimum absolute atomic E-state index is 0.204. The maximum absolute atomic E-state index is 9.90. The average Bonchev–Trinajstić information content (AvgIpc) is 2.45. The third kappa shape index (κ3) is 5.42. The molecule has 0 amide bonds. The van der Waals surface area contributed by atoms with Crippen LogP contribution in [0.25, 0.3) is 0 Å². The largest absolute Gasteiger partial charge is 0.395 e. The number of piperidine rings is 1. The summed E-state index contributed by atoms with van der Waals surface area (Å²) < 4.78 is 0. The van der Waals surface area contributed by atoms with Crippen LogP contribution >= 0.6 is 0 Å². The standard InChI is InChI=1S/C19H39N3O/c1-18(2,3)15-20-9-7-16(8-10-20)22-12-11-21(19(4,5)6)13-17(22)14-23/h16-17,23H,7-15H2,1-6H3. The molecule has 4 nitrogen and oxygen atoms in total. The molecule has 2 heterocycles. The van der Waals surface area contributed by atoms with Crippen molar-refractivity contribution in [1.82, 2.24) is 14.7 Å². The Morgan fingerprint density at radius 1 is 0.913 bits per heavy atom. The average molecular weight is 326 g/mol. The normalized spacial score (nSPS) is 27.5. The first-order valence-electron chi connectivity index (χ1n) is 9.44. The number of nitrogens with zero attached hydrogens (tertiary/aromatic N) is 3. The Balaban J connectivity index is 1.88. The van der Waals surface area contributed by atoms with Crippen LogP contribution < -0.4 is 0 Å². The van der Waals surface area contributed by atoms with Crippen molar-refractivity contribution in [1.29, 1.82) is 0 Å². The second-order valence-corrected chi connectivity index (χ2v) is 9.76. The molecular formula is C19H39N3O. The van der Waals surface area contributed by atoms with E-state index in [2.05, 4.69) is 56.2 Å². The molecule has 1 unspecified atom stereocenters. The van der Waals surface area contributed by atoms with Crippen molar-refractivity contribution >= 4 is 0 Å². The lowest BCUT2D eigenvalue weighted by molar-refractivity contribution is -0.0346. The Hall–Kier alpha value is -0.160. The Morgan fingerprint density at radius 3 is 2.00 bits per heavy atom. The molecule has 0 saturated carbocycles. The fourth-order valence-corrected chi connectivity index (χ4v) is 4.20. The predicted octanol–water partition coefficient (Wildman–Crippen LogP) is 2.27. The first-order valence-corrected chi connectivity index (χ1v) is 9.44. The second kappa shape index (κ2) is 7.38. The van der Waals surface area contributed by atoms with Crippen molar-refractivity contribution in [2.45, 2.75) is 72.0 Å². The number of rotatable bonds is 3. The van der Waals surface area contributed by atoms with Crippen molar-refractivity contribution < 1.29 is 5.11 Å². The molecule has 0 spiro atoms. The molecule has 0 aliphatic carbocycles. The van der Waals surface area contributed by atoms with E-state index < -0.39 is 0 Å². The van der Waals surface area contributed by atoms with Gasteiger partial charge in [0, 0.05) is 43.8 Å². The Labute approximate surface area is 143 Å². The molecule has 0 aromatic heterocycles. The van der Waals surface area contributed by atoms with E-state index in [0.717, 1.165) is 19.6 Å². The number of aliphatic hydroxyl groups excluding tert-OH is 1. The van der Waals surface area contributed by atoms with Crippen LogP contribution in [0.2, 0.25) is 0 Å². The molecule has 0 radical (unpaired) electrons. The fraction of sp³-hybridized carbons (Fsp3) is 1.00. The van der Waals surface area contributed by atoms with E-state index in [4.69, 9.17) is 0 Å². The second-order valence-electron chi connectivity index (χ2n) is 9.76. The zero-order valence-electron chi connectivity index (χ0n) is 16.3. The third-order valence-electron chi connectivity index (χ3n) is 5.41. The number of piperazine rings is 1. The highest BCUT2D eigenvalue weighted by atomic mass is 16.3. The van der Waals surface area contributed by atoms with E-state index in [-0.39, 0.29) is 12.1 Å². The molecule has 4 heteroatoms. The first-order chi connectivity index (χ1) is 10.6. The van der Waals surface area contributed by atoms with Crippen LogP contribution in [0.4, 0.5) is 0 Å². The summed E-state index contributed by atoms with van der Waals surface area (Å²) >= 11 is 0. The zero-order chi connectivity index (χ0) is 17.3. The fourth-order valence-electron chi connectivity index (χ4n) is 4.20. The molecule has 2 saturated heterocycles. The van der Waals surface area contributed by atoms with E-state index in [0.29, 0.717) is 17.5 Å². The van der Waals surface area contributed by atoms with Crippen LogP contribution in [0, 0.1) is 5.41 Å². The van der Waals surface area contributed by atoms with Gasteiger partial charge in [0.05, 0.1) is 6.61 Å². The highest BCUT2D eigenvalue weighted by Gasteiger charge is 2.36. The van der Waals surface area contributed by atoms with Gasteiger partial charge in [0.15, 0.2) is 0 Å². The van der Waals surface area contributed by atoms with Crippen molar-refractivity contribution in [3.63, 3.8) is 0 Å². The van der Waals surface area contributed by atoms with Gasteiger partial charge in [0.1, 0.15) is 0 Å². The van der Waals surface area contributed by atoms with Crippen molar-refractivity contribution in [2.75, 3.05) is 45.9 Å². The van der Waals surface area contributed by atoms with Crippen LogP contribution in [0.1, 0.15) is 54.4 Å². The van der Waals surface area contributed by atoms with Crippen molar-refractivity contribution in [3.05, 3.63) is 0 Å². The summed E-state index contributed by atoms with van der Waals surface area (Å²) in [4.78, 5) is 7.76. The van der Waals surface area contributed by atoms with E-state index in [9.17, 15) is 5.11 Å². The summed E-state index contributed by atoms with van der Waals surface area (Å²) in [6, 6.07) is 0.965. The smallest absolute Gasteiger partial charge is 0.0599 e. The molecular weight excluding hydrogens is 286 g/mol. The molecule has 2 aliphatic rings. The van der Waals surface area contributed by atoms with Crippen molar-refractivity contribution in [2.24, 2.45) is 5.41 Å². The minimum Gasteiger partial charge on any atom is -0.395 e. The summed E-state index contributed by atoms with van der Waals surface area (Å²) in [5.41, 5.74) is 0.592. The van der Waals surface area contributed by atoms with Crippen LogP contribution in [0.5, 0.6) is 0 Å². The number of hydrogen-bond donors (Lipinski definition) is 1. The van der Waals surface area contributed by atoms with Crippen LogP contribution in [0.3, 0.4) is 0 Å². The van der Waals surface area contributed by atoms with Gasteiger partial charge in [-0.05, 0) is 52.1 Å². The van der Waals surface area contributed by atoms with Gasteiger partial charge in [-0.3, -0.25) is 9.80 Å². The number of hydrogen-bond acceptors (Lipinski definition) is 4. The number of aliphatic hydroxyl groups is 1. The van der Waals surface area contributed by atoms with Gasteiger partial charge < -0.3 is 10.0 Å². The highest BCUT2D eigenvalue weighted by Crippen LogP contribution is 2.26. The van der Waals surface area contributed by atoms with Crippen LogP contribution in [0.15, 0.2) is 0 Å². The van der Waals surface area contributed by atoms with Crippen molar-refractivity contribution in [3.8, 4) is 0 Å². The van der Waals surface area contributed by atoms with Gasteiger partial charge >= 0.3 is 0 Å². The molecule has 0 aromatic rings. The number of likely N-dealkylation sites (tertiary alicyclic amines) is 1. The molecule has 2 fully saturated rings. The quantitative estimate of drug-likeness (QED) is 0.862. The summed E-state index contributed by atoms with van der Waals surface area (Å²) in [6.45, 7) is 20.9. The molecule has 1 N–H and O–H groups in total. The highest BCUT2D eigenvalue weighted by molar-refractivity contribution is 4.92. The predicted molar refractivity (Wildman–Crippen MR) is 97.8 cm³/mol. The molecule has 136 valence electrons. The molecule has 2 rings (SSSR count). The summed E-state index contributed by atoms with van der Waals surface area (Å²) in [6.07, 6.45) is 2.50. The van der Waals surface area contributed by atoms with Gasteiger partial charge in [-0.15, -0.1) is 0 Å². The Morgan fingerprint density at radius 2 is 1.52 bits per heavy atom. The van der Waals surface area contributed by atoms with E-state index in [1.807, 2.05) is 0 Å². The molecule has 23 heavy (non-hydrogen) atoms. The minimum atomic E-state index is 0.204. The first kappa shape index (κ1) is 19.2. The van der Waals surface area contributed by atoms with Gasteiger partial charge in [0.25, 0.3) is 0 Å². The topological polar surface area (TPSA) is 30.0 Å². The maximum Gasteiger partial charge on any atom is 0.0599 e.